The summed E-state index contributed by atoms with van der Waals surface area (Å²) in [5, 5.41) is 5.46. The fourth-order valence-electron chi connectivity index (χ4n) is 11.2. The molecule has 18 heteroatoms. The van der Waals surface area contributed by atoms with Gasteiger partial charge in [0, 0.05) is 42.0 Å². The predicted molar refractivity (Wildman–Crippen MR) is 250 cm³/mol. The normalized spacial score (nSPS) is 22.6. The van der Waals surface area contributed by atoms with Gasteiger partial charge in [0.1, 0.15) is 33.6 Å². The number of halogens is 2. The molecule has 2 aliphatic heterocycles. The second-order valence-electron chi connectivity index (χ2n) is 20.0. The van der Waals surface area contributed by atoms with Crippen molar-refractivity contribution in [1.29, 1.82) is 0 Å². The number of aromatic amines is 2. The first kappa shape index (κ1) is 45.6. The van der Waals surface area contributed by atoms with Gasteiger partial charge in [-0.25, -0.2) is 23.2 Å². The van der Waals surface area contributed by atoms with E-state index in [0.717, 1.165) is 44.8 Å². The number of fused-ring (bicyclic) bond motifs is 6. The number of carbonyl (C=O) groups is 4. The number of alkyl halides is 2. The Morgan fingerprint density at radius 1 is 0.912 bits per heavy atom. The molecule has 3 aromatic carbocycles. The Morgan fingerprint density at radius 2 is 1.60 bits per heavy atom. The van der Waals surface area contributed by atoms with Crippen LogP contribution in [0.15, 0.2) is 60.8 Å². The van der Waals surface area contributed by atoms with Crippen molar-refractivity contribution in [2.75, 3.05) is 25.7 Å². The molecular formula is C50H56F2N8O7S. The minimum Gasteiger partial charge on any atom is -0.453 e. The summed E-state index contributed by atoms with van der Waals surface area (Å²) in [5.74, 6) is -3.19. The molecule has 6 atom stereocenters. The second-order valence-corrected chi connectivity index (χ2v) is 22.2. The van der Waals surface area contributed by atoms with Crippen molar-refractivity contribution in [2.24, 2.45) is 17.3 Å². The van der Waals surface area contributed by atoms with Crippen LogP contribution in [-0.2, 0) is 34.9 Å². The number of nitrogens with zero attached hydrogens (tertiary/aromatic N) is 4. The number of likely N-dealkylation sites (tertiary alicyclic amines) is 2. The molecule has 15 nitrogen and oxygen atoms in total. The zero-order chi connectivity index (χ0) is 48.0. The summed E-state index contributed by atoms with van der Waals surface area (Å²) >= 11 is 0. The van der Waals surface area contributed by atoms with Crippen LogP contribution in [0.3, 0.4) is 0 Å². The number of rotatable bonds is 13. The monoisotopic (exact) mass is 950 g/mol. The van der Waals surface area contributed by atoms with Crippen LogP contribution in [-0.4, -0.2) is 106 Å². The molecule has 68 heavy (non-hydrogen) atoms. The van der Waals surface area contributed by atoms with Gasteiger partial charge >= 0.3 is 6.09 Å². The lowest BCUT2D eigenvalue weighted by atomic mass is 9.97. The average molecular weight is 951 g/mol. The number of benzene rings is 3. The van der Waals surface area contributed by atoms with Crippen molar-refractivity contribution in [1.82, 2.24) is 40.4 Å². The van der Waals surface area contributed by atoms with Crippen molar-refractivity contribution in [3.8, 4) is 33.5 Å². The van der Waals surface area contributed by atoms with Crippen LogP contribution in [0, 0.1) is 17.3 Å². The van der Waals surface area contributed by atoms with E-state index in [2.05, 4.69) is 20.6 Å². The standard InChI is InChI=1S/C50H56F2N8O7S/c1-6-41(61)58-42(26(2)3)47(63)59-25-49(16-17-49)23-40(59)44-53-24-39(56-44)29-9-13-33-32-12-8-27(20-34(32)50(51,52)35(33)21-29)28-10-14-36-38(22-28)55-45(54-36)43-30-7-11-31(19-30)60(43)46(62)37(57-48(64)67-4)15-18-68(5,65)66/h8-10,12-14,20-22,24,26,30-31,37,40,42-43H,6-7,11,15-19,23,25H2,1-5H3,(H,53,56)(H,54,55)(H,57,64)(H,58,61)/t30-,31+,37-,40-,42+,43-/m0/s1. The Kier molecular flexibility index (Phi) is 11.3. The number of piperidine rings is 1. The lowest BCUT2D eigenvalue weighted by Crippen LogP contribution is -2.52. The molecule has 2 bridgehead atoms. The number of alkyl carbamates (subject to hydrolysis) is 1. The second kappa shape index (κ2) is 16.8. The first-order valence-corrected chi connectivity index (χ1v) is 25.6. The van der Waals surface area contributed by atoms with Gasteiger partial charge in [0.25, 0.3) is 5.92 Å². The van der Waals surface area contributed by atoms with Crippen molar-refractivity contribution in [3.05, 3.63) is 83.6 Å². The van der Waals surface area contributed by atoms with E-state index in [1.165, 1.54) is 19.2 Å². The molecule has 4 heterocycles. The highest BCUT2D eigenvalue weighted by Crippen LogP contribution is 2.59. The molecule has 4 amide bonds. The van der Waals surface area contributed by atoms with E-state index in [1.54, 1.807) is 30.2 Å². The first-order valence-electron chi connectivity index (χ1n) is 23.5. The highest BCUT2D eigenvalue weighted by atomic mass is 32.2. The predicted octanol–water partition coefficient (Wildman–Crippen LogP) is 7.56. The topological polar surface area (TPSA) is 200 Å². The number of nitrogens with one attached hydrogen (secondary N) is 4. The van der Waals surface area contributed by atoms with Gasteiger partial charge in [0.15, 0.2) is 0 Å². The van der Waals surface area contributed by atoms with Gasteiger partial charge in [-0.2, -0.15) is 8.78 Å². The third-order valence-electron chi connectivity index (χ3n) is 15.1. The Labute approximate surface area is 393 Å². The minimum absolute atomic E-state index is 0.0257. The number of aromatic nitrogens is 4. The van der Waals surface area contributed by atoms with E-state index in [1.807, 2.05) is 49.1 Å². The van der Waals surface area contributed by atoms with Gasteiger partial charge in [0.2, 0.25) is 17.7 Å². The molecular weight excluding hydrogens is 895 g/mol. The molecule has 5 aromatic rings. The maximum Gasteiger partial charge on any atom is 0.407 e. The third kappa shape index (κ3) is 8.11. The van der Waals surface area contributed by atoms with Crippen molar-refractivity contribution < 1.29 is 41.1 Å². The third-order valence-corrected chi connectivity index (χ3v) is 16.0. The fourth-order valence-corrected chi connectivity index (χ4v) is 11.9. The van der Waals surface area contributed by atoms with E-state index in [0.29, 0.717) is 62.7 Å². The van der Waals surface area contributed by atoms with Crippen LogP contribution >= 0.6 is 0 Å². The van der Waals surface area contributed by atoms with E-state index < -0.39 is 45.9 Å². The van der Waals surface area contributed by atoms with Crippen LogP contribution in [0.25, 0.3) is 44.5 Å². The molecule has 358 valence electrons. The molecule has 4 fully saturated rings. The summed E-state index contributed by atoms with van der Waals surface area (Å²) < 4.78 is 62.3. The number of amides is 4. The summed E-state index contributed by atoms with van der Waals surface area (Å²) in [6.07, 6.45) is 7.21. The number of sulfone groups is 1. The molecule has 0 radical (unpaired) electrons. The average Bonchev–Trinajstić information content (AvgIpc) is 3.97. The molecule has 0 unspecified atom stereocenters. The van der Waals surface area contributed by atoms with Crippen LogP contribution in [0.2, 0.25) is 0 Å². The summed E-state index contributed by atoms with van der Waals surface area (Å²) in [5.41, 5.74) is 4.37. The number of hydrogen-bond acceptors (Lipinski definition) is 9. The van der Waals surface area contributed by atoms with Crippen LogP contribution in [0.4, 0.5) is 13.6 Å². The molecule has 1 spiro atoms. The van der Waals surface area contributed by atoms with Crippen LogP contribution in [0.5, 0.6) is 0 Å². The lowest BCUT2D eigenvalue weighted by molar-refractivity contribution is -0.139. The Morgan fingerprint density at radius 3 is 2.28 bits per heavy atom. The number of imidazole rings is 2. The highest BCUT2D eigenvalue weighted by Gasteiger charge is 2.55. The highest BCUT2D eigenvalue weighted by molar-refractivity contribution is 7.90. The Balaban J connectivity index is 0.890. The molecule has 3 aliphatic carbocycles. The van der Waals surface area contributed by atoms with E-state index in [9.17, 15) is 27.6 Å². The van der Waals surface area contributed by atoms with E-state index in [-0.39, 0.29) is 70.9 Å². The zero-order valence-electron chi connectivity index (χ0n) is 38.7. The summed E-state index contributed by atoms with van der Waals surface area (Å²) in [7, 11) is -2.25. The lowest BCUT2D eigenvalue weighted by Gasteiger charge is -2.36. The molecule has 4 N–H and O–H groups in total. The quantitative estimate of drug-likeness (QED) is 0.0920. The van der Waals surface area contributed by atoms with Gasteiger partial charge in [-0.1, -0.05) is 51.1 Å². The van der Waals surface area contributed by atoms with E-state index >= 15 is 8.78 Å². The van der Waals surface area contributed by atoms with Crippen molar-refractivity contribution >= 4 is 44.7 Å². The van der Waals surface area contributed by atoms with E-state index in [4.69, 9.17) is 14.7 Å². The summed E-state index contributed by atoms with van der Waals surface area (Å²) in [4.78, 5) is 72.8. The van der Waals surface area contributed by atoms with Crippen LogP contribution < -0.4 is 10.6 Å². The molecule has 2 saturated carbocycles. The number of carbonyl (C=O) groups excluding carboxylic acids is 4. The van der Waals surface area contributed by atoms with Gasteiger partial charge in [-0.15, -0.1) is 0 Å². The van der Waals surface area contributed by atoms with Crippen molar-refractivity contribution in [3.63, 3.8) is 0 Å². The fraction of sp³-hybridized carbons (Fsp3) is 0.480. The van der Waals surface area contributed by atoms with Gasteiger partial charge in [-0.3, -0.25) is 14.4 Å². The van der Waals surface area contributed by atoms with Gasteiger partial charge in [-0.05, 0) is 109 Å². The maximum absolute atomic E-state index is 16.7. The molecule has 2 saturated heterocycles. The van der Waals surface area contributed by atoms with Crippen LogP contribution in [0.1, 0.15) is 107 Å². The maximum atomic E-state index is 16.7. The summed E-state index contributed by atoms with van der Waals surface area (Å²) in [6.45, 7) is 6.17. The summed E-state index contributed by atoms with van der Waals surface area (Å²) in [6, 6.07) is 13.0. The Bertz CT molecular complexity index is 2980. The van der Waals surface area contributed by atoms with Crippen molar-refractivity contribution in [2.45, 2.75) is 108 Å². The number of ether oxygens (including phenoxy) is 1. The molecule has 10 rings (SSSR count). The largest absolute Gasteiger partial charge is 0.453 e. The smallest absolute Gasteiger partial charge is 0.407 e. The number of methoxy groups -OCH3 is 1. The van der Waals surface area contributed by atoms with Gasteiger partial charge in [0.05, 0.1) is 47.9 Å². The number of hydrogen-bond donors (Lipinski definition) is 4. The Hall–Kier alpha value is -6.17. The van der Waals surface area contributed by atoms with Gasteiger partial charge < -0.3 is 35.1 Å². The zero-order valence-corrected chi connectivity index (χ0v) is 39.5. The molecule has 2 aromatic heterocycles. The number of H-pyrrole nitrogens is 2. The SMILES string of the molecule is CCC(=O)N[C@@H](C(=O)N1CC2(CC2)C[C@H]1c1ncc(-c2ccc3c(c2)C(F)(F)c2cc(-c4ccc5nc([C@@H]6[C@H]7CC[C@H](C7)N6C(=O)[C@H](CCS(C)(=O)=O)NC(=O)OC)[nH]c5c4)ccc2-3)[nH]1)C(C)C. The molecule has 5 aliphatic rings. The minimum atomic E-state index is -3.43. The first-order chi connectivity index (χ1) is 32.4.